The zero-order valence-corrected chi connectivity index (χ0v) is 19.1. The Bertz CT molecular complexity index is 1300. The third-order valence-corrected chi connectivity index (χ3v) is 5.06. The summed E-state index contributed by atoms with van der Waals surface area (Å²) >= 11 is 0. The molecule has 0 spiro atoms. The molecule has 3 rings (SSSR count). The Morgan fingerprint density at radius 3 is 2.31 bits per heavy atom. The van der Waals surface area contributed by atoms with Gasteiger partial charge in [-0.15, -0.1) is 0 Å². The third-order valence-electron chi connectivity index (χ3n) is 5.06. The monoisotopic (exact) mass is 440 g/mol. The summed E-state index contributed by atoms with van der Waals surface area (Å²) in [6.07, 6.45) is 5.22. The van der Waals surface area contributed by atoms with Crippen molar-refractivity contribution in [3.8, 4) is 23.0 Å². The Hall–Kier alpha value is -3.45. The van der Waals surface area contributed by atoms with E-state index in [0.717, 1.165) is 5.57 Å². The molecule has 0 saturated carbocycles. The van der Waals surface area contributed by atoms with Gasteiger partial charge in [-0.2, -0.15) is 0 Å². The van der Waals surface area contributed by atoms with Crippen LogP contribution in [0.1, 0.15) is 38.8 Å². The van der Waals surface area contributed by atoms with Crippen LogP contribution in [0, 0.1) is 0 Å². The van der Waals surface area contributed by atoms with Gasteiger partial charge in [0.1, 0.15) is 28.1 Å². The predicted octanol–water partition coefficient (Wildman–Crippen LogP) is 4.67. The molecule has 0 aliphatic heterocycles. The Morgan fingerprint density at radius 2 is 1.75 bits per heavy atom. The van der Waals surface area contributed by atoms with E-state index in [-0.39, 0.29) is 50.5 Å². The van der Waals surface area contributed by atoms with Gasteiger partial charge in [-0.05, 0) is 40.2 Å². The van der Waals surface area contributed by atoms with Gasteiger partial charge >= 0.3 is 0 Å². The molecule has 0 saturated heterocycles. The fourth-order valence-electron chi connectivity index (χ4n) is 3.53. The Balaban J connectivity index is 2.48. The second-order valence-electron chi connectivity index (χ2n) is 8.40. The first-order valence-corrected chi connectivity index (χ1v) is 10.1. The number of ether oxygens (including phenoxy) is 2. The Morgan fingerprint density at radius 1 is 1.09 bits per heavy atom. The number of aromatic hydroxyl groups is 2. The molecule has 170 valence electrons. The number of methoxy groups -OCH3 is 2. The van der Waals surface area contributed by atoms with Crippen molar-refractivity contribution in [2.45, 2.75) is 39.7 Å². The summed E-state index contributed by atoms with van der Waals surface area (Å²) in [4.78, 5) is 13.6. The Kier molecular flexibility index (Phi) is 6.23. The fraction of sp³-hybridized carbons (Fsp3) is 0.320. The highest BCUT2D eigenvalue weighted by atomic mass is 16.5. The first kappa shape index (κ1) is 23.2. The molecule has 7 nitrogen and oxygen atoms in total. The molecule has 0 bridgehead atoms. The maximum absolute atomic E-state index is 13.6. The van der Waals surface area contributed by atoms with Gasteiger partial charge in [0.2, 0.25) is 5.43 Å². The Labute approximate surface area is 185 Å². The van der Waals surface area contributed by atoms with Gasteiger partial charge in [0.05, 0.1) is 30.8 Å². The number of hydrogen-bond acceptors (Lipinski definition) is 7. The van der Waals surface area contributed by atoms with Crippen LogP contribution in [-0.2, 0) is 6.42 Å². The van der Waals surface area contributed by atoms with Crippen molar-refractivity contribution in [1.82, 2.24) is 0 Å². The highest BCUT2D eigenvalue weighted by Gasteiger charge is 2.23. The van der Waals surface area contributed by atoms with Crippen LogP contribution in [0.3, 0.4) is 0 Å². The molecule has 0 unspecified atom stereocenters. The minimum absolute atomic E-state index is 0.0279. The van der Waals surface area contributed by atoms with Gasteiger partial charge in [0.25, 0.3) is 0 Å². The summed E-state index contributed by atoms with van der Waals surface area (Å²) in [6.45, 7) is 7.03. The van der Waals surface area contributed by atoms with E-state index in [1.165, 1.54) is 38.5 Å². The van der Waals surface area contributed by atoms with Crippen LogP contribution in [0.2, 0.25) is 0 Å². The van der Waals surface area contributed by atoms with Crippen molar-refractivity contribution in [2.24, 2.45) is 0 Å². The summed E-state index contributed by atoms with van der Waals surface area (Å²) in [5.41, 5.74) is 0.404. The lowest BCUT2D eigenvalue weighted by atomic mass is 9.99. The molecule has 0 fully saturated rings. The van der Waals surface area contributed by atoms with E-state index >= 15 is 0 Å². The molecule has 1 aromatic heterocycles. The van der Waals surface area contributed by atoms with Crippen molar-refractivity contribution in [2.75, 3.05) is 14.2 Å². The zero-order valence-electron chi connectivity index (χ0n) is 19.1. The molecule has 3 N–H and O–H groups in total. The lowest BCUT2D eigenvalue weighted by Gasteiger charge is -2.15. The van der Waals surface area contributed by atoms with Gasteiger partial charge < -0.3 is 29.2 Å². The molecule has 0 aliphatic rings. The lowest BCUT2D eigenvalue weighted by molar-refractivity contribution is 0.134. The van der Waals surface area contributed by atoms with Crippen LogP contribution in [0.15, 0.2) is 39.1 Å². The summed E-state index contributed by atoms with van der Waals surface area (Å²) in [6, 6.07) is 2.82. The first-order chi connectivity index (χ1) is 15.0. The summed E-state index contributed by atoms with van der Waals surface area (Å²) in [7, 11) is 2.84. The van der Waals surface area contributed by atoms with E-state index in [1.54, 1.807) is 13.8 Å². The van der Waals surface area contributed by atoms with Crippen molar-refractivity contribution in [3.63, 3.8) is 0 Å². The third kappa shape index (κ3) is 4.29. The summed E-state index contributed by atoms with van der Waals surface area (Å²) < 4.78 is 16.7. The number of fused-ring (bicyclic) bond motifs is 2. The lowest BCUT2D eigenvalue weighted by Crippen LogP contribution is -2.13. The standard InChI is InChI=1S/C25H28O7/c1-13(2)7-8-15-20-18(11-16(26)24(15)31-6)32-19-12-17(30-5)14(9-10-25(3,4)29)22(27)21(19)23(20)28/h7,9-12,26-27,29H,8H2,1-6H3. The molecular weight excluding hydrogens is 412 g/mol. The number of hydrogen-bond donors (Lipinski definition) is 3. The average molecular weight is 440 g/mol. The SMILES string of the molecule is COc1cc2oc3cc(O)c(OC)c(CC=C(C)C)c3c(=O)c2c(O)c1C=CC(C)(C)O. The van der Waals surface area contributed by atoms with Gasteiger partial charge in [-0.1, -0.05) is 17.7 Å². The van der Waals surface area contributed by atoms with Gasteiger partial charge in [-0.3, -0.25) is 4.79 Å². The quantitative estimate of drug-likeness (QED) is 0.377. The van der Waals surface area contributed by atoms with Gasteiger partial charge in [0.15, 0.2) is 11.5 Å². The number of rotatable bonds is 6. The largest absolute Gasteiger partial charge is 0.506 e. The van der Waals surface area contributed by atoms with Crippen molar-refractivity contribution in [1.29, 1.82) is 0 Å². The highest BCUT2D eigenvalue weighted by Crippen LogP contribution is 2.41. The molecule has 0 amide bonds. The van der Waals surface area contributed by atoms with Crippen molar-refractivity contribution in [3.05, 3.63) is 51.2 Å². The van der Waals surface area contributed by atoms with Crippen LogP contribution in [0.25, 0.3) is 28.0 Å². The van der Waals surface area contributed by atoms with Gasteiger partial charge in [0, 0.05) is 17.7 Å². The second kappa shape index (κ2) is 8.59. The molecular formula is C25H28O7. The highest BCUT2D eigenvalue weighted by molar-refractivity contribution is 5.99. The van der Waals surface area contributed by atoms with Gasteiger partial charge in [-0.25, -0.2) is 0 Å². The van der Waals surface area contributed by atoms with Crippen molar-refractivity contribution >= 4 is 28.0 Å². The molecule has 0 radical (unpaired) electrons. The number of aliphatic hydroxyl groups is 1. The van der Waals surface area contributed by atoms with E-state index in [0.29, 0.717) is 12.0 Å². The molecule has 7 heteroatoms. The fourth-order valence-corrected chi connectivity index (χ4v) is 3.53. The molecule has 1 heterocycles. The topological polar surface area (TPSA) is 109 Å². The maximum Gasteiger partial charge on any atom is 0.204 e. The number of phenols is 2. The van der Waals surface area contributed by atoms with Crippen molar-refractivity contribution < 1.29 is 29.2 Å². The molecule has 0 atom stereocenters. The summed E-state index contributed by atoms with van der Waals surface area (Å²) in [5.74, 6) is -0.0337. The van der Waals surface area contributed by atoms with E-state index in [4.69, 9.17) is 13.9 Å². The number of benzene rings is 2. The molecule has 2 aromatic carbocycles. The van der Waals surface area contributed by atoms with Crippen LogP contribution in [-0.4, -0.2) is 35.1 Å². The summed E-state index contributed by atoms with van der Waals surface area (Å²) in [5, 5.41) is 31.7. The number of allylic oxidation sites excluding steroid dienone is 2. The van der Waals surface area contributed by atoms with E-state index < -0.39 is 11.0 Å². The minimum Gasteiger partial charge on any atom is -0.506 e. The van der Waals surface area contributed by atoms with E-state index in [1.807, 2.05) is 19.9 Å². The van der Waals surface area contributed by atoms with Crippen LogP contribution < -0.4 is 14.9 Å². The molecule has 0 aliphatic carbocycles. The second-order valence-corrected chi connectivity index (χ2v) is 8.40. The van der Waals surface area contributed by atoms with E-state index in [2.05, 4.69) is 0 Å². The predicted molar refractivity (Wildman–Crippen MR) is 125 cm³/mol. The maximum atomic E-state index is 13.6. The van der Waals surface area contributed by atoms with E-state index in [9.17, 15) is 20.1 Å². The van der Waals surface area contributed by atoms with Crippen LogP contribution >= 0.6 is 0 Å². The van der Waals surface area contributed by atoms with Crippen LogP contribution in [0.4, 0.5) is 0 Å². The van der Waals surface area contributed by atoms with Crippen LogP contribution in [0.5, 0.6) is 23.0 Å². The first-order valence-electron chi connectivity index (χ1n) is 10.1. The normalized spacial score (nSPS) is 12.0. The smallest absolute Gasteiger partial charge is 0.204 e. The zero-order chi connectivity index (χ0) is 23.8. The number of phenolic OH excluding ortho intramolecular Hbond substituents is 2. The average Bonchev–Trinajstić information content (AvgIpc) is 2.69. The molecule has 3 aromatic rings. The molecule has 32 heavy (non-hydrogen) atoms. The minimum atomic E-state index is -1.14.